The molecule has 0 spiro atoms. The van der Waals surface area contributed by atoms with Crippen molar-refractivity contribution < 1.29 is 43.9 Å². The second-order valence-corrected chi connectivity index (χ2v) is 7.00. The molecule has 0 fully saturated rings. The molecule has 1 aliphatic rings. The standard InChI is InChI=1S/C21H7BF10/c23-12-10(13(24)17(28)20(31)16(12)27)22(9-5-7-3-1-2-4-8(7)6-9)11-14(25)18(29)21(32)19(30)15(11)26/h1-5H,6H2. The lowest BCUT2D eigenvalue weighted by Crippen LogP contribution is -2.52. The third-order valence-electron chi connectivity index (χ3n) is 5.23. The molecule has 0 bridgehead atoms. The highest BCUT2D eigenvalue weighted by atomic mass is 19.2. The average molecular weight is 460 g/mol. The molecule has 0 saturated carbocycles. The smallest absolute Gasteiger partial charge is 0.204 e. The maximum atomic E-state index is 14.6. The fraction of sp³-hybridized carbons (Fsp3) is 0.0476. The lowest BCUT2D eigenvalue weighted by atomic mass is 9.35. The summed E-state index contributed by atoms with van der Waals surface area (Å²) in [5.41, 5.74) is -2.98. The normalized spacial score (nSPS) is 12.8. The van der Waals surface area contributed by atoms with Crippen molar-refractivity contribution in [3.05, 3.63) is 99.0 Å². The second kappa shape index (κ2) is 7.72. The van der Waals surface area contributed by atoms with Gasteiger partial charge in [0.2, 0.25) is 0 Å². The first kappa shape index (κ1) is 22.0. The quantitative estimate of drug-likeness (QED) is 0.227. The molecule has 4 rings (SSSR count). The van der Waals surface area contributed by atoms with E-state index < -0.39 is 75.8 Å². The third-order valence-corrected chi connectivity index (χ3v) is 5.23. The van der Waals surface area contributed by atoms with Gasteiger partial charge >= 0.3 is 0 Å². The Morgan fingerprint density at radius 3 is 1.28 bits per heavy atom. The van der Waals surface area contributed by atoms with Crippen LogP contribution in [0.15, 0.2) is 29.7 Å². The minimum atomic E-state index is -2.54. The van der Waals surface area contributed by atoms with Crippen molar-refractivity contribution in [2.45, 2.75) is 6.42 Å². The molecule has 0 radical (unpaired) electrons. The molecule has 32 heavy (non-hydrogen) atoms. The number of hydrogen-bond acceptors (Lipinski definition) is 0. The topological polar surface area (TPSA) is 0 Å². The van der Waals surface area contributed by atoms with Gasteiger partial charge in [0, 0.05) is 10.9 Å². The summed E-state index contributed by atoms with van der Waals surface area (Å²) in [7, 11) is 0. The number of hydrogen-bond donors (Lipinski definition) is 0. The zero-order valence-electron chi connectivity index (χ0n) is 15.5. The predicted octanol–water partition coefficient (Wildman–Crippen LogP) is 4.87. The van der Waals surface area contributed by atoms with Crippen LogP contribution in [-0.4, -0.2) is 6.71 Å². The van der Waals surface area contributed by atoms with Crippen molar-refractivity contribution >= 4 is 23.7 Å². The summed E-state index contributed by atoms with van der Waals surface area (Å²) in [6.45, 7) is -2.50. The summed E-state index contributed by atoms with van der Waals surface area (Å²) in [4.78, 5) is 0. The van der Waals surface area contributed by atoms with E-state index in [-0.39, 0.29) is 11.9 Å². The molecule has 3 aromatic rings. The lowest BCUT2D eigenvalue weighted by Gasteiger charge is -2.20. The van der Waals surface area contributed by atoms with Gasteiger partial charge in [-0.25, -0.2) is 43.9 Å². The Morgan fingerprint density at radius 1 is 0.500 bits per heavy atom. The minimum Gasteiger partial charge on any atom is -0.204 e. The molecule has 3 aromatic carbocycles. The van der Waals surface area contributed by atoms with Crippen LogP contribution in [0.25, 0.3) is 6.08 Å². The molecule has 0 atom stereocenters. The van der Waals surface area contributed by atoms with Crippen molar-refractivity contribution in [2.75, 3.05) is 0 Å². The predicted molar refractivity (Wildman–Crippen MR) is 95.6 cm³/mol. The van der Waals surface area contributed by atoms with Gasteiger partial charge < -0.3 is 0 Å². The molecule has 0 N–H and O–H groups in total. The van der Waals surface area contributed by atoms with Gasteiger partial charge in [-0.3, -0.25) is 0 Å². The van der Waals surface area contributed by atoms with Gasteiger partial charge in [-0.15, -0.1) is 0 Å². The van der Waals surface area contributed by atoms with Crippen LogP contribution >= 0.6 is 0 Å². The zero-order chi connectivity index (χ0) is 23.5. The van der Waals surface area contributed by atoms with E-state index >= 15 is 0 Å². The largest absolute Gasteiger partial charge is 0.253 e. The van der Waals surface area contributed by atoms with Crippen LogP contribution in [0, 0.1) is 58.2 Å². The van der Waals surface area contributed by atoms with Crippen molar-refractivity contribution in [2.24, 2.45) is 0 Å². The Morgan fingerprint density at radius 2 is 0.875 bits per heavy atom. The first-order valence-electron chi connectivity index (χ1n) is 8.87. The molecule has 0 aromatic heterocycles. The Kier molecular flexibility index (Phi) is 5.30. The van der Waals surface area contributed by atoms with E-state index in [9.17, 15) is 43.9 Å². The van der Waals surface area contributed by atoms with Crippen LogP contribution in [-0.2, 0) is 6.42 Å². The third kappa shape index (κ3) is 3.10. The highest BCUT2D eigenvalue weighted by Crippen LogP contribution is 2.29. The molecule has 1 aliphatic carbocycles. The highest BCUT2D eigenvalue weighted by molar-refractivity contribution is 6.91. The van der Waals surface area contributed by atoms with Crippen molar-refractivity contribution in [3.8, 4) is 0 Å². The van der Waals surface area contributed by atoms with E-state index in [1.807, 2.05) is 0 Å². The SMILES string of the molecule is Fc1c(F)c(F)c(B(C2=Cc3ccccc3C2)c2c(F)c(F)c(F)c(F)c2F)c(F)c1F. The summed E-state index contributed by atoms with van der Waals surface area (Å²) in [6.07, 6.45) is 0.829. The highest BCUT2D eigenvalue weighted by Gasteiger charge is 2.42. The average Bonchev–Trinajstić information content (AvgIpc) is 3.21. The van der Waals surface area contributed by atoms with Gasteiger partial charge in [0.15, 0.2) is 58.2 Å². The maximum absolute atomic E-state index is 14.6. The molecule has 11 heteroatoms. The Hall–Kier alpha value is -3.24. The fourth-order valence-corrected chi connectivity index (χ4v) is 3.76. The van der Waals surface area contributed by atoms with Crippen LogP contribution in [0.3, 0.4) is 0 Å². The van der Waals surface area contributed by atoms with Gasteiger partial charge in [-0.1, -0.05) is 35.8 Å². The van der Waals surface area contributed by atoms with Gasteiger partial charge in [-0.2, -0.15) is 0 Å². The van der Waals surface area contributed by atoms with E-state index in [1.165, 1.54) is 18.2 Å². The monoisotopic (exact) mass is 460 g/mol. The first-order valence-corrected chi connectivity index (χ1v) is 8.87. The van der Waals surface area contributed by atoms with Crippen molar-refractivity contribution in [1.82, 2.24) is 0 Å². The molecule has 0 amide bonds. The summed E-state index contributed by atoms with van der Waals surface area (Å²) in [5.74, 6) is -24.6. The lowest BCUT2D eigenvalue weighted by molar-refractivity contribution is 0.382. The van der Waals surface area contributed by atoms with Gasteiger partial charge in [0.1, 0.15) is 0 Å². The number of fused-ring (bicyclic) bond motifs is 1. The molecular formula is C21H7BF10. The molecule has 0 saturated heterocycles. The summed E-state index contributed by atoms with van der Waals surface area (Å²) in [6, 6.07) is 6.06. The van der Waals surface area contributed by atoms with E-state index in [1.54, 1.807) is 6.07 Å². The van der Waals surface area contributed by atoms with Gasteiger partial charge in [-0.05, 0) is 17.5 Å². The van der Waals surface area contributed by atoms with Gasteiger partial charge in [0.05, 0.1) is 0 Å². The van der Waals surface area contributed by atoms with E-state index in [2.05, 4.69) is 0 Å². The Labute approximate surface area is 173 Å². The summed E-state index contributed by atoms with van der Waals surface area (Å²) in [5, 5.41) is 0. The summed E-state index contributed by atoms with van der Waals surface area (Å²) < 4.78 is 141. The fourth-order valence-electron chi connectivity index (χ4n) is 3.76. The molecule has 164 valence electrons. The second-order valence-electron chi connectivity index (χ2n) is 7.00. The van der Waals surface area contributed by atoms with Crippen molar-refractivity contribution in [3.63, 3.8) is 0 Å². The van der Waals surface area contributed by atoms with Crippen LogP contribution in [0.4, 0.5) is 43.9 Å². The Balaban J connectivity index is 2.10. The molecule has 0 nitrogen and oxygen atoms in total. The molecular weight excluding hydrogens is 453 g/mol. The van der Waals surface area contributed by atoms with E-state index in [0.29, 0.717) is 11.1 Å². The van der Waals surface area contributed by atoms with Crippen molar-refractivity contribution in [1.29, 1.82) is 0 Å². The maximum Gasteiger partial charge on any atom is 0.253 e. The zero-order valence-corrected chi connectivity index (χ0v) is 15.5. The van der Waals surface area contributed by atoms with Crippen LogP contribution < -0.4 is 10.9 Å². The molecule has 0 unspecified atom stereocenters. The number of rotatable bonds is 3. The molecule has 0 aliphatic heterocycles. The van der Waals surface area contributed by atoms with E-state index in [0.717, 1.165) is 6.08 Å². The summed E-state index contributed by atoms with van der Waals surface area (Å²) >= 11 is 0. The number of allylic oxidation sites excluding steroid dienone is 1. The number of benzene rings is 3. The van der Waals surface area contributed by atoms with E-state index in [4.69, 9.17) is 0 Å². The Bertz CT molecular complexity index is 1190. The molecule has 0 heterocycles. The number of halogens is 10. The van der Waals surface area contributed by atoms with Crippen LogP contribution in [0.1, 0.15) is 11.1 Å². The van der Waals surface area contributed by atoms with Crippen LogP contribution in [0.2, 0.25) is 0 Å². The van der Waals surface area contributed by atoms with Gasteiger partial charge in [0.25, 0.3) is 6.71 Å². The minimum absolute atomic E-state index is 0.306. The van der Waals surface area contributed by atoms with Crippen LogP contribution in [0.5, 0.6) is 0 Å². The first-order chi connectivity index (χ1) is 15.1.